The van der Waals surface area contributed by atoms with Crippen LogP contribution in [0.25, 0.3) is 0 Å². The first-order chi connectivity index (χ1) is 12.8. The highest BCUT2D eigenvalue weighted by atomic mass is 16.6. The van der Waals surface area contributed by atoms with Crippen molar-refractivity contribution in [2.45, 2.75) is 59.2 Å². The lowest BCUT2D eigenvalue weighted by molar-refractivity contribution is -0.153. The van der Waals surface area contributed by atoms with Gasteiger partial charge in [0.1, 0.15) is 17.7 Å². The van der Waals surface area contributed by atoms with Gasteiger partial charge in [-0.1, -0.05) is 20.8 Å². The number of likely N-dealkylation sites (N-methyl/N-ethyl adjacent to an activating group) is 1. The van der Waals surface area contributed by atoms with Gasteiger partial charge >= 0.3 is 12.1 Å². The van der Waals surface area contributed by atoms with Crippen molar-refractivity contribution in [1.82, 2.24) is 15.1 Å². The molecule has 1 saturated carbocycles. The summed E-state index contributed by atoms with van der Waals surface area (Å²) < 4.78 is 10.3. The van der Waals surface area contributed by atoms with Gasteiger partial charge in [-0.3, -0.25) is 4.79 Å². The first-order valence-corrected chi connectivity index (χ1v) is 9.89. The molecule has 2 rings (SSSR count). The number of ether oxygens (including phenoxy) is 2. The van der Waals surface area contributed by atoms with E-state index in [1.165, 1.54) is 7.11 Å². The minimum Gasteiger partial charge on any atom is -0.467 e. The summed E-state index contributed by atoms with van der Waals surface area (Å²) in [7, 11) is 3.22. The van der Waals surface area contributed by atoms with Gasteiger partial charge in [-0.2, -0.15) is 0 Å². The van der Waals surface area contributed by atoms with Crippen molar-refractivity contribution in [3.63, 3.8) is 0 Å². The van der Waals surface area contributed by atoms with Gasteiger partial charge in [-0.15, -0.1) is 0 Å². The summed E-state index contributed by atoms with van der Waals surface area (Å²) >= 11 is 0. The maximum Gasteiger partial charge on any atom is 0.408 e. The van der Waals surface area contributed by atoms with E-state index in [0.29, 0.717) is 13.1 Å². The fourth-order valence-electron chi connectivity index (χ4n) is 4.18. The zero-order valence-electron chi connectivity index (χ0n) is 18.4. The Morgan fingerprint density at radius 1 is 1.29 bits per heavy atom. The molecule has 2 fully saturated rings. The van der Waals surface area contributed by atoms with E-state index < -0.39 is 29.7 Å². The third-order valence-corrected chi connectivity index (χ3v) is 5.96. The van der Waals surface area contributed by atoms with Crippen molar-refractivity contribution in [2.24, 2.45) is 17.3 Å². The molecular formula is C20H35N3O5. The molecule has 0 radical (unpaired) electrons. The number of carbonyl (C=O) groups excluding carboxylic acids is 3. The van der Waals surface area contributed by atoms with Crippen LogP contribution < -0.4 is 5.32 Å². The number of esters is 1. The van der Waals surface area contributed by atoms with Crippen LogP contribution in [0, 0.1) is 17.3 Å². The number of carbonyl (C=O) groups is 3. The lowest BCUT2D eigenvalue weighted by atomic mass is 10.0. The van der Waals surface area contributed by atoms with Crippen molar-refractivity contribution in [2.75, 3.05) is 33.8 Å². The molecule has 0 aromatic carbocycles. The summed E-state index contributed by atoms with van der Waals surface area (Å²) in [6, 6.07) is -1.40. The Morgan fingerprint density at radius 3 is 2.39 bits per heavy atom. The number of hydrogen-bond acceptors (Lipinski definition) is 6. The second-order valence-electron chi connectivity index (χ2n) is 9.47. The summed E-state index contributed by atoms with van der Waals surface area (Å²) in [6.07, 6.45) is -0.644. The minimum absolute atomic E-state index is 0.0178. The highest BCUT2D eigenvalue weighted by Gasteiger charge is 2.70. The van der Waals surface area contributed by atoms with Crippen molar-refractivity contribution in [3.05, 3.63) is 0 Å². The molecule has 1 aliphatic carbocycles. The molecule has 28 heavy (non-hydrogen) atoms. The Labute approximate surface area is 167 Å². The molecule has 8 nitrogen and oxygen atoms in total. The van der Waals surface area contributed by atoms with E-state index in [-0.39, 0.29) is 23.2 Å². The second-order valence-corrected chi connectivity index (χ2v) is 9.47. The molecule has 160 valence electrons. The van der Waals surface area contributed by atoms with E-state index in [0.717, 1.165) is 6.54 Å². The predicted molar refractivity (Wildman–Crippen MR) is 105 cm³/mol. The SMILES string of the molecule is CCN(C)C[C@H](NC(=O)OC(C)(C)C)C(=O)N1C[C@H]2[C@@H]([C@H]1C(=O)OC)C2(C)C. The predicted octanol–water partition coefficient (Wildman–Crippen LogP) is 1.49. The first-order valence-electron chi connectivity index (χ1n) is 9.89. The van der Waals surface area contributed by atoms with Gasteiger partial charge in [-0.25, -0.2) is 9.59 Å². The van der Waals surface area contributed by atoms with E-state index in [9.17, 15) is 14.4 Å². The molecular weight excluding hydrogens is 362 g/mol. The topological polar surface area (TPSA) is 88.2 Å². The van der Waals surface area contributed by atoms with Crippen LogP contribution in [0.1, 0.15) is 41.5 Å². The number of alkyl carbamates (subject to hydrolysis) is 1. The van der Waals surface area contributed by atoms with Gasteiger partial charge in [0.05, 0.1) is 7.11 Å². The zero-order chi connectivity index (χ0) is 21.4. The van der Waals surface area contributed by atoms with Crippen molar-refractivity contribution in [3.8, 4) is 0 Å². The number of nitrogens with one attached hydrogen (secondary N) is 1. The van der Waals surface area contributed by atoms with Crippen LogP contribution in [0.5, 0.6) is 0 Å². The lowest BCUT2D eigenvalue weighted by Crippen LogP contribution is -2.57. The number of amides is 2. The van der Waals surface area contributed by atoms with Gasteiger partial charge in [-0.05, 0) is 45.7 Å². The van der Waals surface area contributed by atoms with Crippen molar-refractivity contribution in [1.29, 1.82) is 0 Å². The molecule has 1 aliphatic heterocycles. The van der Waals surface area contributed by atoms with Crippen LogP contribution in [0.15, 0.2) is 0 Å². The Balaban J connectivity index is 2.19. The molecule has 2 aliphatic rings. The number of hydrogen-bond donors (Lipinski definition) is 1. The Kier molecular flexibility index (Phi) is 6.33. The molecule has 0 spiro atoms. The maximum atomic E-state index is 13.3. The summed E-state index contributed by atoms with van der Waals surface area (Å²) in [5.74, 6) is -0.308. The van der Waals surface area contributed by atoms with Crippen LogP contribution in [0.2, 0.25) is 0 Å². The fraction of sp³-hybridized carbons (Fsp3) is 0.850. The number of likely N-dealkylation sites (tertiary alicyclic amines) is 1. The number of nitrogens with zero attached hydrogens (tertiary/aromatic N) is 2. The molecule has 0 bridgehead atoms. The molecule has 8 heteroatoms. The number of methoxy groups -OCH3 is 1. The summed E-state index contributed by atoms with van der Waals surface area (Å²) in [5.41, 5.74) is -0.647. The summed E-state index contributed by atoms with van der Waals surface area (Å²) in [6.45, 7) is 13.1. The summed E-state index contributed by atoms with van der Waals surface area (Å²) in [4.78, 5) is 41.6. The van der Waals surface area contributed by atoms with Crippen molar-refractivity contribution >= 4 is 18.0 Å². The highest BCUT2D eigenvalue weighted by Crippen LogP contribution is 2.65. The Bertz CT molecular complexity index is 628. The molecule has 1 N–H and O–H groups in total. The first kappa shape index (κ1) is 22.5. The minimum atomic E-state index is -0.799. The average molecular weight is 398 g/mol. The molecule has 0 aromatic heterocycles. The molecule has 4 atom stereocenters. The third kappa shape index (κ3) is 4.59. The van der Waals surface area contributed by atoms with Crippen LogP contribution in [0.3, 0.4) is 0 Å². The molecule has 1 saturated heterocycles. The van der Waals surface area contributed by atoms with Gasteiger partial charge in [0, 0.05) is 19.0 Å². The largest absolute Gasteiger partial charge is 0.467 e. The second kappa shape index (κ2) is 7.89. The van der Waals surface area contributed by atoms with Crippen LogP contribution in [0.4, 0.5) is 4.79 Å². The van der Waals surface area contributed by atoms with Gasteiger partial charge < -0.3 is 24.6 Å². The maximum absolute atomic E-state index is 13.3. The molecule has 2 amide bonds. The van der Waals surface area contributed by atoms with Crippen LogP contribution in [-0.4, -0.2) is 79.2 Å². The van der Waals surface area contributed by atoms with Gasteiger partial charge in [0.2, 0.25) is 5.91 Å². The highest BCUT2D eigenvalue weighted by molar-refractivity contribution is 5.91. The van der Waals surface area contributed by atoms with E-state index in [4.69, 9.17) is 9.47 Å². The normalized spacial score (nSPS) is 26.5. The Hall–Kier alpha value is -1.83. The van der Waals surface area contributed by atoms with Gasteiger partial charge in [0.25, 0.3) is 0 Å². The number of rotatable bonds is 6. The lowest BCUT2D eigenvalue weighted by Gasteiger charge is -2.33. The third-order valence-electron chi connectivity index (χ3n) is 5.96. The average Bonchev–Trinajstić information content (AvgIpc) is 2.94. The number of piperidine rings is 1. The van der Waals surface area contributed by atoms with E-state index in [1.54, 1.807) is 25.7 Å². The smallest absolute Gasteiger partial charge is 0.408 e. The zero-order valence-corrected chi connectivity index (χ0v) is 18.4. The quantitative estimate of drug-likeness (QED) is 0.683. The molecule has 1 heterocycles. The molecule has 0 aromatic rings. The van der Waals surface area contributed by atoms with E-state index in [1.807, 2.05) is 18.9 Å². The van der Waals surface area contributed by atoms with Crippen LogP contribution >= 0.6 is 0 Å². The van der Waals surface area contributed by atoms with Crippen LogP contribution in [-0.2, 0) is 19.1 Å². The van der Waals surface area contributed by atoms with E-state index in [2.05, 4.69) is 19.2 Å². The number of fused-ring (bicyclic) bond motifs is 1. The van der Waals surface area contributed by atoms with Gasteiger partial charge in [0.15, 0.2) is 0 Å². The molecule has 0 unspecified atom stereocenters. The summed E-state index contributed by atoms with van der Waals surface area (Å²) in [5, 5.41) is 2.70. The standard InChI is InChI=1S/C20H35N3O5/c1-9-22(7)11-13(21-18(26)28-19(2,3)4)16(24)23-10-12-14(20(12,5)6)15(23)17(25)27-8/h12-15H,9-11H2,1-8H3,(H,21,26)/t12-,13-,14-,15-/m0/s1. The van der Waals surface area contributed by atoms with E-state index >= 15 is 0 Å². The van der Waals surface area contributed by atoms with Crippen molar-refractivity contribution < 1.29 is 23.9 Å². The monoisotopic (exact) mass is 397 g/mol. The fourth-order valence-corrected chi connectivity index (χ4v) is 4.18. The Morgan fingerprint density at radius 2 is 1.89 bits per heavy atom.